The second-order valence-corrected chi connectivity index (χ2v) is 5.85. The smallest absolute Gasteiger partial charge is 0.254 e. The molecule has 2 aromatic heterocycles. The number of aromatic amines is 1. The summed E-state index contributed by atoms with van der Waals surface area (Å²) in [5, 5.41) is 4.36. The van der Waals surface area contributed by atoms with Gasteiger partial charge in [-0.1, -0.05) is 16.9 Å². The number of H-pyrrole nitrogens is 1. The summed E-state index contributed by atoms with van der Waals surface area (Å²) in [4.78, 5) is 22.9. The highest BCUT2D eigenvalue weighted by molar-refractivity contribution is 7.98. The molecule has 118 valence electrons. The molecule has 0 saturated heterocycles. The lowest BCUT2D eigenvalue weighted by atomic mass is 10.2. The maximum absolute atomic E-state index is 12.9. The predicted molar refractivity (Wildman–Crippen MR) is 83.6 cm³/mol. The number of hydrogen-bond acceptors (Lipinski definition) is 6. The Morgan fingerprint density at radius 1 is 1.22 bits per heavy atom. The first-order valence-electron chi connectivity index (χ1n) is 6.82. The monoisotopic (exact) mass is 332 g/mol. The van der Waals surface area contributed by atoms with Crippen molar-refractivity contribution in [3.05, 3.63) is 57.6 Å². The fourth-order valence-corrected chi connectivity index (χ4v) is 2.59. The van der Waals surface area contributed by atoms with E-state index in [1.807, 2.05) is 0 Å². The molecular weight excluding hydrogens is 319 g/mol. The molecule has 0 bridgehead atoms. The van der Waals surface area contributed by atoms with Crippen molar-refractivity contribution in [2.45, 2.75) is 24.8 Å². The van der Waals surface area contributed by atoms with Gasteiger partial charge in [0.2, 0.25) is 11.7 Å². The molecule has 1 N–H and O–H groups in total. The molecule has 23 heavy (non-hydrogen) atoms. The van der Waals surface area contributed by atoms with Crippen molar-refractivity contribution in [1.82, 2.24) is 20.1 Å². The van der Waals surface area contributed by atoms with Crippen LogP contribution in [0.3, 0.4) is 0 Å². The van der Waals surface area contributed by atoms with Gasteiger partial charge in [0, 0.05) is 16.8 Å². The van der Waals surface area contributed by atoms with Crippen LogP contribution < -0.4 is 5.56 Å². The summed E-state index contributed by atoms with van der Waals surface area (Å²) in [6.45, 7) is 3.51. The third-order valence-corrected chi connectivity index (χ3v) is 4.13. The first kappa shape index (κ1) is 15.4. The van der Waals surface area contributed by atoms with E-state index < -0.39 is 0 Å². The third kappa shape index (κ3) is 3.48. The quantitative estimate of drug-likeness (QED) is 0.584. The molecule has 8 heteroatoms. The van der Waals surface area contributed by atoms with Crippen molar-refractivity contribution in [3.8, 4) is 11.4 Å². The highest BCUT2D eigenvalue weighted by Crippen LogP contribution is 2.21. The van der Waals surface area contributed by atoms with Gasteiger partial charge in [0.1, 0.15) is 5.82 Å². The van der Waals surface area contributed by atoms with Gasteiger partial charge in [0.05, 0.1) is 5.75 Å². The van der Waals surface area contributed by atoms with Gasteiger partial charge >= 0.3 is 0 Å². The van der Waals surface area contributed by atoms with Gasteiger partial charge in [-0.3, -0.25) is 4.79 Å². The molecule has 0 aliphatic carbocycles. The van der Waals surface area contributed by atoms with Gasteiger partial charge in [-0.15, -0.1) is 0 Å². The fraction of sp³-hybridized carbons (Fsp3) is 0.200. The van der Waals surface area contributed by atoms with Crippen LogP contribution in [0.4, 0.5) is 4.39 Å². The van der Waals surface area contributed by atoms with Crippen molar-refractivity contribution in [1.29, 1.82) is 0 Å². The topological polar surface area (TPSA) is 84.7 Å². The van der Waals surface area contributed by atoms with Crippen LogP contribution >= 0.6 is 11.8 Å². The first-order chi connectivity index (χ1) is 11.0. The Kier molecular flexibility index (Phi) is 4.24. The van der Waals surface area contributed by atoms with Crippen LogP contribution in [0.5, 0.6) is 0 Å². The van der Waals surface area contributed by atoms with Crippen LogP contribution in [-0.4, -0.2) is 20.1 Å². The highest BCUT2D eigenvalue weighted by atomic mass is 32.2. The third-order valence-electron chi connectivity index (χ3n) is 3.28. The standard InChI is InChI=1S/C15H13FN4O2S/c1-8-9(2)17-15(19-14(8)21)23-7-12-18-13(20-22-12)10-3-5-11(16)6-4-10/h3-6H,7H2,1-2H3,(H,17,19,21). The summed E-state index contributed by atoms with van der Waals surface area (Å²) in [5.41, 5.74) is 1.81. The Morgan fingerprint density at radius 2 is 1.96 bits per heavy atom. The number of hydrogen-bond donors (Lipinski definition) is 1. The molecule has 0 unspecified atom stereocenters. The zero-order valence-electron chi connectivity index (χ0n) is 12.5. The van der Waals surface area contributed by atoms with Gasteiger partial charge in [0.15, 0.2) is 5.16 Å². The lowest BCUT2D eigenvalue weighted by molar-refractivity contribution is 0.391. The van der Waals surface area contributed by atoms with E-state index in [1.165, 1.54) is 23.9 Å². The van der Waals surface area contributed by atoms with Crippen molar-refractivity contribution in [3.63, 3.8) is 0 Å². The van der Waals surface area contributed by atoms with Crippen LogP contribution in [0.25, 0.3) is 11.4 Å². The van der Waals surface area contributed by atoms with E-state index in [9.17, 15) is 9.18 Å². The Bertz CT molecular complexity index is 889. The lowest BCUT2D eigenvalue weighted by Crippen LogP contribution is -2.14. The minimum absolute atomic E-state index is 0.155. The normalized spacial score (nSPS) is 10.9. The zero-order chi connectivity index (χ0) is 16.4. The lowest BCUT2D eigenvalue weighted by Gasteiger charge is -2.01. The van der Waals surface area contributed by atoms with Crippen LogP contribution in [-0.2, 0) is 5.75 Å². The number of rotatable bonds is 4. The van der Waals surface area contributed by atoms with Crippen LogP contribution in [0.2, 0.25) is 0 Å². The minimum atomic E-state index is -0.321. The van der Waals surface area contributed by atoms with Gasteiger partial charge in [-0.2, -0.15) is 4.98 Å². The Balaban J connectivity index is 1.72. The molecule has 3 rings (SSSR count). The highest BCUT2D eigenvalue weighted by Gasteiger charge is 2.11. The molecule has 0 amide bonds. The maximum Gasteiger partial charge on any atom is 0.254 e. The molecule has 3 aromatic rings. The summed E-state index contributed by atoms with van der Waals surface area (Å²) >= 11 is 1.30. The molecule has 0 spiro atoms. The molecule has 0 saturated carbocycles. The number of thioether (sulfide) groups is 1. The maximum atomic E-state index is 12.9. The zero-order valence-corrected chi connectivity index (χ0v) is 13.3. The molecular formula is C15H13FN4O2S. The molecule has 0 atom stereocenters. The van der Waals surface area contributed by atoms with Gasteiger partial charge in [-0.05, 0) is 38.1 Å². The number of halogens is 1. The van der Waals surface area contributed by atoms with E-state index in [4.69, 9.17) is 4.52 Å². The molecule has 0 radical (unpaired) electrons. The summed E-state index contributed by atoms with van der Waals surface area (Å²) < 4.78 is 18.1. The number of aryl methyl sites for hydroxylation is 1. The SMILES string of the molecule is Cc1nc(SCc2nc(-c3ccc(F)cc3)no2)[nH]c(=O)c1C. The van der Waals surface area contributed by atoms with Crippen LogP contribution in [0.15, 0.2) is 38.7 Å². The largest absolute Gasteiger partial charge is 0.338 e. The number of nitrogens with one attached hydrogen (secondary N) is 1. The second-order valence-electron chi connectivity index (χ2n) is 4.89. The van der Waals surface area contributed by atoms with Crippen molar-refractivity contribution in [2.75, 3.05) is 0 Å². The number of nitrogens with zero attached hydrogens (tertiary/aromatic N) is 3. The van der Waals surface area contributed by atoms with E-state index >= 15 is 0 Å². The van der Waals surface area contributed by atoms with Crippen LogP contribution in [0.1, 0.15) is 17.1 Å². The average Bonchev–Trinajstić information content (AvgIpc) is 3.00. The average molecular weight is 332 g/mol. The number of aromatic nitrogens is 4. The minimum Gasteiger partial charge on any atom is -0.338 e. The molecule has 0 aliphatic rings. The van der Waals surface area contributed by atoms with Gasteiger partial charge in [-0.25, -0.2) is 9.37 Å². The Morgan fingerprint density at radius 3 is 2.65 bits per heavy atom. The van der Waals surface area contributed by atoms with E-state index in [-0.39, 0.29) is 11.4 Å². The number of benzene rings is 1. The van der Waals surface area contributed by atoms with Crippen molar-refractivity contribution < 1.29 is 8.91 Å². The summed E-state index contributed by atoms with van der Waals surface area (Å²) in [7, 11) is 0. The summed E-state index contributed by atoms with van der Waals surface area (Å²) in [6, 6.07) is 5.84. The van der Waals surface area contributed by atoms with E-state index in [0.29, 0.717) is 39.4 Å². The van der Waals surface area contributed by atoms with E-state index in [2.05, 4.69) is 20.1 Å². The first-order valence-corrected chi connectivity index (χ1v) is 7.80. The molecule has 0 aliphatic heterocycles. The van der Waals surface area contributed by atoms with Gasteiger partial charge < -0.3 is 9.51 Å². The van der Waals surface area contributed by atoms with Crippen LogP contribution in [0, 0.1) is 19.7 Å². The Labute approximate surface area is 135 Å². The van der Waals surface area contributed by atoms with Gasteiger partial charge in [0.25, 0.3) is 5.56 Å². The Hall–Kier alpha value is -2.48. The van der Waals surface area contributed by atoms with E-state index in [0.717, 1.165) is 0 Å². The van der Waals surface area contributed by atoms with Crippen molar-refractivity contribution >= 4 is 11.8 Å². The van der Waals surface area contributed by atoms with E-state index in [1.54, 1.807) is 26.0 Å². The molecule has 2 heterocycles. The summed E-state index contributed by atoms with van der Waals surface area (Å²) in [5.74, 6) is 0.842. The predicted octanol–water partition coefficient (Wildman–Crippen LogP) is 2.87. The summed E-state index contributed by atoms with van der Waals surface area (Å²) in [6.07, 6.45) is 0. The second kappa shape index (κ2) is 6.33. The molecule has 6 nitrogen and oxygen atoms in total. The van der Waals surface area contributed by atoms with Crippen molar-refractivity contribution in [2.24, 2.45) is 0 Å². The molecule has 1 aromatic carbocycles. The fourth-order valence-electron chi connectivity index (χ4n) is 1.85. The molecule has 0 fully saturated rings.